The number of rotatable bonds is 1. The third kappa shape index (κ3) is 2.00. The van der Waals surface area contributed by atoms with Crippen LogP contribution in [0, 0.1) is 5.82 Å². The molecule has 0 aliphatic heterocycles. The van der Waals surface area contributed by atoms with E-state index in [0.29, 0.717) is 27.1 Å². The fraction of sp³-hybridized carbons (Fsp3) is 0. The number of fused-ring (bicyclic) bond motifs is 1. The highest BCUT2D eigenvalue weighted by atomic mass is 35.5. The van der Waals surface area contributed by atoms with Crippen LogP contribution in [-0.2, 0) is 0 Å². The average Bonchev–Trinajstić information content (AvgIpc) is 2.40. The Labute approximate surface area is 113 Å². The minimum Gasteiger partial charge on any atom is -0.493 e. The van der Waals surface area contributed by atoms with Crippen molar-refractivity contribution in [2.75, 3.05) is 0 Å². The highest BCUT2D eigenvalue weighted by Gasteiger charge is 2.12. The smallest absolute Gasteiger partial charge is 0.222 e. The summed E-state index contributed by atoms with van der Waals surface area (Å²) in [7, 11) is 0. The van der Waals surface area contributed by atoms with Crippen LogP contribution in [0.4, 0.5) is 4.39 Å². The van der Waals surface area contributed by atoms with E-state index in [2.05, 4.69) is 9.97 Å². The van der Waals surface area contributed by atoms with Crippen LogP contribution in [0.1, 0.15) is 0 Å². The van der Waals surface area contributed by atoms with Crippen molar-refractivity contribution in [3.63, 3.8) is 0 Å². The number of hydrogen-bond donors (Lipinski definition) is 1. The van der Waals surface area contributed by atoms with E-state index in [1.807, 2.05) is 0 Å². The van der Waals surface area contributed by atoms with E-state index >= 15 is 0 Å². The van der Waals surface area contributed by atoms with Crippen molar-refractivity contribution in [1.82, 2.24) is 9.97 Å². The topological polar surface area (TPSA) is 46.0 Å². The quantitative estimate of drug-likeness (QED) is 0.734. The lowest BCUT2D eigenvalue weighted by molar-refractivity contribution is 0.459. The molecule has 0 atom stereocenters. The summed E-state index contributed by atoms with van der Waals surface area (Å²) in [5.41, 5.74) is 1.44. The van der Waals surface area contributed by atoms with Crippen LogP contribution in [0.15, 0.2) is 42.7 Å². The Balaban J connectivity index is 2.31. The summed E-state index contributed by atoms with van der Waals surface area (Å²) in [4.78, 5) is 7.73. The van der Waals surface area contributed by atoms with Gasteiger partial charge in [0.05, 0.1) is 10.9 Å². The van der Waals surface area contributed by atoms with Gasteiger partial charge in [-0.1, -0.05) is 29.8 Å². The fourth-order valence-electron chi connectivity index (χ4n) is 1.95. The molecule has 3 rings (SSSR count). The van der Waals surface area contributed by atoms with Crippen molar-refractivity contribution in [3.05, 3.63) is 53.6 Å². The second kappa shape index (κ2) is 4.48. The number of halogens is 2. The summed E-state index contributed by atoms with van der Waals surface area (Å²) in [6.45, 7) is 0. The van der Waals surface area contributed by atoms with Crippen LogP contribution in [-0.4, -0.2) is 15.1 Å². The van der Waals surface area contributed by atoms with Crippen LogP contribution in [0.2, 0.25) is 5.02 Å². The molecular formula is C14H8ClFN2O. The first-order chi connectivity index (χ1) is 9.16. The van der Waals surface area contributed by atoms with Crippen LogP contribution in [0.3, 0.4) is 0 Å². The Bertz CT molecular complexity index is 776. The Morgan fingerprint density at radius 1 is 1.05 bits per heavy atom. The van der Waals surface area contributed by atoms with Crippen molar-refractivity contribution in [2.45, 2.75) is 0 Å². The van der Waals surface area contributed by atoms with Crippen LogP contribution < -0.4 is 0 Å². The molecule has 0 bridgehead atoms. The maximum absolute atomic E-state index is 13.8. The summed E-state index contributed by atoms with van der Waals surface area (Å²) in [5, 5.41) is 10.4. The summed E-state index contributed by atoms with van der Waals surface area (Å²) < 4.78 is 13.8. The van der Waals surface area contributed by atoms with Gasteiger partial charge in [-0.05, 0) is 18.2 Å². The first-order valence-electron chi connectivity index (χ1n) is 5.55. The molecule has 1 aromatic heterocycles. The average molecular weight is 275 g/mol. The molecule has 0 radical (unpaired) electrons. The van der Waals surface area contributed by atoms with Gasteiger partial charge in [0, 0.05) is 16.1 Å². The molecule has 1 heterocycles. The molecule has 0 fully saturated rings. The monoisotopic (exact) mass is 274 g/mol. The number of aromatic hydroxyl groups is 1. The minimum absolute atomic E-state index is 0.146. The molecule has 0 unspecified atom stereocenters. The Morgan fingerprint density at radius 3 is 2.63 bits per heavy atom. The van der Waals surface area contributed by atoms with Crippen LogP contribution in [0.5, 0.6) is 5.88 Å². The van der Waals surface area contributed by atoms with E-state index in [1.54, 1.807) is 24.3 Å². The zero-order chi connectivity index (χ0) is 13.4. The zero-order valence-electron chi connectivity index (χ0n) is 9.64. The molecule has 0 amide bonds. The van der Waals surface area contributed by atoms with E-state index in [9.17, 15) is 9.50 Å². The van der Waals surface area contributed by atoms with Gasteiger partial charge in [0.25, 0.3) is 0 Å². The number of hydrogen-bond acceptors (Lipinski definition) is 3. The molecule has 0 aliphatic rings. The predicted molar refractivity (Wildman–Crippen MR) is 71.6 cm³/mol. The highest BCUT2D eigenvalue weighted by molar-refractivity contribution is 6.34. The molecule has 0 spiro atoms. The molecule has 3 nitrogen and oxygen atoms in total. The second-order valence-electron chi connectivity index (χ2n) is 4.03. The molecule has 3 aromatic rings. The number of benzene rings is 2. The standard InChI is InChI=1S/C14H8ClFN2O/c15-11-5-10-13(17-7-18-14(10)19)6-9(11)8-3-1-2-4-12(8)16/h1-7H,(H,17,18,19). The van der Waals surface area contributed by atoms with Crippen molar-refractivity contribution in [1.29, 1.82) is 0 Å². The highest BCUT2D eigenvalue weighted by Crippen LogP contribution is 2.34. The predicted octanol–water partition coefficient (Wildman–Crippen LogP) is 3.79. The lowest BCUT2D eigenvalue weighted by Crippen LogP contribution is -1.88. The molecule has 2 aromatic carbocycles. The van der Waals surface area contributed by atoms with Gasteiger partial charge < -0.3 is 5.11 Å². The SMILES string of the molecule is Oc1ncnc2cc(-c3ccccc3F)c(Cl)cc12. The van der Waals surface area contributed by atoms with Gasteiger partial charge >= 0.3 is 0 Å². The Hall–Kier alpha value is -2.20. The molecule has 0 saturated carbocycles. The van der Waals surface area contributed by atoms with Gasteiger partial charge in [0.1, 0.15) is 12.1 Å². The third-order valence-electron chi connectivity index (χ3n) is 2.87. The van der Waals surface area contributed by atoms with Gasteiger partial charge in [-0.25, -0.2) is 14.4 Å². The van der Waals surface area contributed by atoms with Crippen molar-refractivity contribution < 1.29 is 9.50 Å². The van der Waals surface area contributed by atoms with Crippen molar-refractivity contribution in [2.24, 2.45) is 0 Å². The number of aromatic nitrogens is 2. The third-order valence-corrected chi connectivity index (χ3v) is 3.18. The first-order valence-corrected chi connectivity index (χ1v) is 5.93. The van der Waals surface area contributed by atoms with Gasteiger partial charge in [-0.3, -0.25) is 0 Å². The second-order valence-corrected chi connectivity index (χ2v) is 4.43. The molecule has 1 N–H and O–H groups in total. The lowest BCUT2D eigenvalue weighted by atomic mass is 10.0. The Kier molecular flexibility index (Phi) is 2.80. The molecule has 0 saturated heterocycles. The molecular weight excluding hydrogens is 267 g/mol. The van der Waals surface area contributed by atoms with Crippen molar-refractivity contribution in [3.8, 4) is 17.0 Å². The summed E-state index contributed by atoms with van der Waals surface area (Å²) in [6, 6.07) is 9.53. The van der Waals surface area contributed by atoms with Crippen LogP contribution in [0.25, 0.3) is 22.0 Å². The van der Waals surface area contributed by atoms with E-state index < -0.39 is 0 Å². The summed E-state index contributed by atoms with van der Waals surface area (Å²) in [5.74, 6) is -0.506. The van der Waals surface area contributed by atoms with E-state index in [0.717, 1.165) is 0 Å². The first kappa shape index (κ1) is 11.9. The van der Waals surface area contributed by atoms with Gasteiger partial charge in [0.2, 0.25) is 5.88 Å². The maximum atomic E-state index is 13.8. The maximum Gasteiger partial charge on any atom is 0.222 e. The summed E-state index contributed by atoms with van der Waals surface area (Å²) in [6.07, 6.45) is 1.25. The Morgan fingerprint density at radius 2 is 1.84 bits per heavy atom. The van der Waals surface area contributed by atoms with Crippen LogP contribution >= 0.6 is 11.6 Å². The van der Waals surface area contributed by atoms with Gasteiger partial charge in [-0.15, -0.1) is 0 Å². The van der Waals surface area contributed by atoms with Gasteiger partial charge in [-0.2, -0.15) is 0 Å². The molecule has 94 valence electrons. The van der Waals surface area contributed by atoms with Gasteiger partial charge in [0.15, 0.2) is 0 Å². The molecule has 19 heavy (non-hydrogen) atoms. The number of nitrogens with zero attached hydrogens (tertiary/aromatic N) is 2. The minimum atomic E-state index is -0.359. The summed E-state index contributed by atoms with van der Waals surface area (Å²) >= 11 is 6.15. The van der Waals surface area contributed by atoms with E-state index in [1.165, 1.54) is 18.5 Å². The lowest BCUT2D eigenvalue weighted by Gasteiger charge is -2.08. The zero-order valence-corrected chi connectivity index (χ0v) is 10.4. The fourth-order valence-corrected chi connectivity index (χ4v) is 2.21. The largest absolute Gasteiger partial charge is 0.493 e. The van der Waals surface area contributed by atoms with Crippen molar-refractivity contribution >= 4 is 22.5 Å². The van der Waals surface area contributed by atoms with E-state index in [4.69, 9.17) is 11.6 Å². The molecule has 5 heteroatoms. The van der Waals surface area contributed by atoms with E-state index in [-0.39, 0.29) is 11.7 Å². The normalized spacial score (nSPS) is 10.8. The molecule has 0 aliphatic carbocycles.